The molecule has 0 aromatic heterocycles. The molecular weight excluding hydrogens is 248 g/mol. The maximum absolute atomic E-state index is 13.1. The summed E-state index contributed by atoms with van der Waals surface area (Å²) in [5, 5.41) is 2.58. The molecule has 2 aromatic carbocycles. The second-order valence-electron chi connectivity index (χ2n) is 4.26. The lowest BCUT2D eigenvalue weighted by Crippen LogP contribution is -2.03. The van der Waals surface area contributed by atoms with E-state index in [2.05, 4.69) is 5.32 Å². The molecule has 0 bridgehead atoms. The zero-order valence-electron chi connectivity index (χ0n) is 9.78. The summed E-state index contributed by atoms with van der Waals surface area (Å²) in [7, 11) is 0. The highest BCUT2D eigenvalue weighted by Crippen LogP contribution is 2.33. The average Bonchev–Trinajstić information content (AvgIpc) is 2.65. The standard InChI is InChI=1S/C15H9F2NO/c16-10-3-1-2-9(6-10)7-13-12-5-4-11(17)8-14(12)18-15(13)19/h1-8H,(H,18,19)/b13-7+. The van der Waals surface area contributed by atoms with E-state index in [0.717, 1.165) is 0 Å². The van der Waals surface area contributed by atoms with E-state index in [0.29, 0.717) is 22.4 Å². The molecule has 0 atom stereocenters. The van der Waals surface area contributed by atoms with Crippen LogP contribution in [0.5, 0.6) is 0 Å². The molecule has 94 valence electrons. The quantitative estimate of drug-likeness (QED) is 0.779. The van der Waals surface area contributed by atoms with Crippen molar-refractivity contribution in [1.29, 1.82) is 0 Å². The molecular formula is C15H9F2NO. The first-order valence-electron chi connectivity index (χ1n) is 5.72. The number of hydrogen-bond donors (Lipinski definition) is 1. The van der Waals surface area contributed by atoms with Crippen LogP contribution < -0.4 is 5.32 Å². The van der Waals surface area contributed by atoms with E-state index in [9.17, 15) is 13.6 Å². The molecule has 0 aliphatic carbocycles. The van der Waals surface area contributed by atoms with Crippen molar-refractivity contribution in [2.24, 2.45) is 0 Å². The fourth-order valence-corrected chi connectivity index (χ4v) is 2.07. The van der Waals surface area contributed by atoms with E-state index in [1.807, 2.05) is 0 Å². The fourth-order valence-electron chi connectivity index (χ4n) is 2.07. The molecule has 3 rings (SSSR count). The van der Waals surface area contributed by atoms with Crippen molar-refractivity contribution in [3.63, 3.8) is 0 Å². The Labute approximate surface area is 108 Å². The lowest BCUT2D eigenvalue weighted by Gasteiger charge is -1.99. The normalized spacial score (nSPS) is 15.5. The predicted molar refractivity (Wildman–Crippen MR) is 69.3 cm³/mol. The number of carbonyl (C=O) groups is 1. The Morgan fingerprint density at radius 2 is 1.79 bits per heavy atom. The van der Waals surface area contributed by atoms with Gasteiger partial charge < -0.3 is 5.32 Å². The van der Waals surface area contributed by atoms with Crippen LogP contribution in [0.4, 0.5) is 14.5 Å². The van der Waals surface area contributed by atoms with Crippen LogP contribution in [0.3, 0.4) is 0 Å². The first-order chi connectivity index (χ1) is 9.13. The Balaban J connectivity index is 2.09. The fraction of sp³-hybridized carbons (Fsp3) is 0. The summed E-state index contributed by atoms with van der Waals surface area (Å²) in [6.45, 7) is 0. The molecule has 2 aromatic rings. The van der Waals surface area contributed by atoms with E-state index in [-0.39, 0.29) is 11.7 Å². The maximum Gasteiger partial charge on any atom is 0.256 e. The van der Waals surface area contributed by atoms with E-state index >= 15 is 0 Å². The molecule has 1 heterocycles. The van der Waals surface area contributed by atoms with Gasteiger partial charge in [0.15, 0.2) is 0 Å². The summed E-state index contributed by atoms with van der Waals surface area (Å²) in [6.07, 6.45) is 1.59. The largest absolute Gasteiger partial charge is 0.321 e. The molecule has 1 aliphatic rings. The van der Waals surface area contributed by atoms with Crippen LogP contribution in [0.2, 0.25) is 0 Å². The van der Waals surface area contributed by atoms with Gasteiger partial charge in [0.1, 0.15) is 11.6 Å². The molecule has 19 heavy (non-hydrogen) atoms. The monoisotopic (exact) mass is 257 g/mol. The number of hydrogen-bond acceptors (Lipinski definition) is 1. The highest BCUT2D eigenvalue weighted by molar-refractivity contribution is 6.34. The van der Waals surface area contributed by atoms with E-state index in [4.69, 9.17) is 0 Å². The van der Waals surface area contributed by atoms with Crippen molar-refractivity contribution in [2.45, 2.75) is 0 Å². The Morgan fingerprint density at radius 3 is 2.58 bits per heavy atom. The van der Waals surface area contributed by atoms with Gasteiger partial charge in [-0.15, -0.1) is 0 Å². The molecule has 0 unspecified atom stereocenters. The third-order valence-electron chi connectivity index (χ3n) is 2.92. The average molecular weight is 257 g/mol. The van der Waals surface area contributed by atoms with Gasteiger partial charge in [-0.2, -0.15) is 0 Å². The van der Waals surface area contributed by atoms with Gasteiger partial charge in [0.25, 0.3) is 5.91 Å². The van der Waals surface area contributed by atoms with Crippen molar-refractivity contribution >= 4 is 23.2 Å². The Bertz CT molecular complexity index is 707. The van der Waals surface area contributed by atoms with Gasteiger partial charge >= 0.3 is 0 Å². The molecule has 1 aliphatic heterocycles. The van der Waals surface area contributed by atoms with Crippen LogP contribution in [0.1, 0.15) is 11.1 Å². The minimum atomic E-state index is -0.411. The van der Waals surface area contributed by atoms with Crippen LogP contribution in [-0.4, -0.2) is 5.91 Å². The molecule has 0 saturated carbocycles. The smallest absolute Gasteiger partial charge is 0.256 e. The maximum atomic E-state index is 13.1. The summed E-state index contributed by atoms with van der Waals surface area (Å²) >= 11 is 0. The van der Waals surface area contributed by atoms with Gasteiger partial charge in [-0.1, -0.05) is 12.1 Å². The van der Waals surface area contributed by atoms with Crippen molar-refractivity contribution in [1.82, 2.24) is 0 Å². The Morgan fingerprint density at radius 1 is 1.00 bits per heavy atom. The van der Waals surface area contributed by atoms with Gasteiger partial charge in [-0.25, -0.2) is 8.78 Å². The van der Waals surface area contributed by atoms with Gasteiger partial charge in [0.05, 0.1) is 5.69 Å². The van der Waals surface area contributed by atoms with E-state index in [1.54, 1.807) is 18.2 Å². The number of nitrogens with one attached hydrogen (secondary N) is 1. The van der Waals surface area contributed by atoms with Gasteiger partial charge in [-0.3, -0.25) is 4.79 Å². The summed E-state index contributed by atoms with van der Waals surface area (Å²) in [5.74, 6) is -1.09. The second-order valence-corrected chi connectivity index (χ2v) is 4.26. The SMILES string of the molecule is O=C1Nc2cc(F)ccc2/C1=C\c1cccc(F)c1. The molecule has 2 nitrogen and oxygen atoms in total. The topological polar surface area (TPSA) is 29.1 Å². The number of carbonyl (C=O) groups excluding carboxylic acids is 1. The Hall–Kier alpha value is -2.49. The van der Waals surface area contributed by atoms with E-state index < -0.39 is 5.82 Å². The number of amides is 1. The number of rotatable bonds is 1. The molecule has 4 heteroatoms. The summed E-state index contributed by atoms with van der Waals surface area (Å²) < 4.78 is 26.2. The molecule has 0 radical (unpaired) electrons. The van der Waals surface area contributed by atoms with Crippen LogP contribution in [0.25, 0.3) is 11.6 Å². The first-order valence-corrected chi connectivity index (χ1v) is 5.72. The van der Waals surface area contributed by atoms with Gasteiger partial charge in [-0.05, 0) is 42.0 Å². The third-order valence-corrected chi connectivity index (χ3v) is 2.92. The Kier molecular flexibility index (Phi) is 2.63. The minimum Gasteiger partial charge on any atom is -0.321 e. The second kappa shape index (κ2) is 4.31. The first kappa shape index (κ1) is 11.6. The molecule has 0 spiro atoms. The van der Waals surface area contributed by atoms with Crippen molar-refractivity contribution in [3.05, 3.63) is 65.2 Å². The van der Waals surface area contributed by atoms with Crippen molar-refractivity contribution in [2.75, 3.05) is 5.32 Å². The van der Waals surface area contributed by atoms with Crippen LogP contribution in [0.15, 0.2) is 42.5 Å². The van der Waals surface area contributed by atoms with Crippen molar-refractivity contribution < 1.29 is 13.6 Å². The highest BCUT2D eigenvalue weighted by atomic mass is 19.1. The number of fused-ring (bicyclic) bond motifs is 1. The molecule has 0 fully saturated rings. The number of benzene rings is 2. The van der Waals surface area contributed by atoms with Crippen LogP contribution >= 0.6 is 0 Å². The lowest BCUT2D eigenvalue weighted by atomic mass is 10.0. The zero-order chi connectivity index (χ0) is 13.4. The molecule has 0 saturated heterocycles. The molecule has 1 amide bonds. The lowest BCUT2D eigenvalue weighted by molar-refractivity contribution is -0.110. The third kappa shape index (κ3) is 2.12. The van der Waals surface area contributed by atoms with Gasteiger partial charge in [0.2, 0.25) is 0 Å². The number of anilines is 1. The highest BCUT2D eigenvalue weighted by Gasteiger charge is 2.24. The van der Waals surface area contributed by atoms with Gasteiger partial charge in [0, 0.05) is 11.1 Å². The minimum absolute atomic E-state index is 0.315. The summed E-state index contributed by atoms with van der Waals surface area (Å²) in [4.78, 5) is 11.8. The van der Waals surface area contributed by atoms with Crippen LogP contribution in [0, 0.1) is 11.6 Å². The predicted octanol–water partition coefficient (Wildman–Crippen LogP) is 3.46. The number of halogens is 2. The van der Waals surface area contributed by atoms with Crippen LogP contribution in [-0.2, 0) is 4.79 Å². The van der Waals surface area contributed by atoms with E-state index in [1.165, 1.54) is 30.3 Å². The molecule has 1 N–H and O–H groups in total. The summed E-state index contributed by atoms with van der Waals surface area (Å²) in [5.41, 5.74) is 2.05. The van der Waals surface area contributed by atoms with Crippen molar-refractivity contribution in [3.8, 4) is 0 Å². The summed E-state index contributed by atoms with van der Waals surface area (Å²) in [6, 6.07) is 10.0. The zero-order valence-corrected chi connectivity index (χ0v) is 9.78.